The molecule has 0 saturated heterocycles. The van der Waals surface area contributed by atoms with Crippen molar-refractivity contribution in [3.63, 3.8) is 0 Å². The van der Waals surface area contributed by atoms with Gasteiger partial charge in [-0.2, -0.15) is 10.1 Å². The molecule has 0 bridgehead atoms. The van der Waals surface area contributed by atoms with Crippen molar-refractivity contribution in [2.75, 3.05) is 7.11 Å². The molecule has 0 unspecified atom stereocenters. The van der Waals surface area contributed by atoms with Crippen molar-refractivity contribution in [3.05, 3.63) is 88.3 Å². The highest BCUT2D eigenvalue weighted by Crippen LogP contribution is 2.25. The summed E-state index contributed by atoms with van der Waals surface area (Å²) in [5.41, 5.74) is 3.77. The summed E-state index contributed by atoms with van der Waals surface area (Å²) in [6.45, 7) is 1.78. The smallest absolute Gasteiger partial charge is 0.277 e. The number of aliphatic hydroxyl groups is 1. The zero-order valence-electron chi connectivity index (χ0n) is 18.1. The molecule has 9 nitrogen and oxygen atoms in total. The molecular weight excluding hydrogens is 422 g/mol. The standard InChI is InChI=1S/C24H21N5O4/c1-15-3-5-16(6-4-15)21-19(14-30)22-24(31)28(11-12-29(22)26-21)13-20-25-23(27-33-20)17-7-9-18(32-2)10-8-17/h3-12,30H,13-14H2,1-2H3. The van der Waals surface area contributed by atoms with Gasteiger partial charge >= 0.3 is 0 Å². The third-order valence-corrected chi connectivity index (χ3v) is 5.46. The predicted molar refractivity (Wildman–Crippen MR) is 121 cm³/mol. The number of benzene rings is 2. The number of fused-ring (bicyclic) bond motifs is 1. The van der Waals surface area contributed by atoms with E-state index in [4.69, 9.17) is 9.26 Å². The number of aliphatic hydroxyl groups excluding tert-OH is 1. The molecule has 0 atom stereocenters. The molecule has 0 saturated carbocycles. The van der Waals surface area contributed by atoms with Crippen LogP contribution in [-0.4, -0.2) is 36.5 Å². The van der Waals surface area contributed by atoms with Crippen LogP contribution in [0.4, 0.5) is 0 Å². The molecule has 0 spiro atoms. The van der Waals surface area contributed by atoms with Gasteiger partial charge < -0.3 is 18.9 Å². The fourth-order valence-corrected chi connectivity index (χ4v) is 3.69. The van der Waals surface area contributed by atoms with E-state index in [2.05, 4.69) is 15.2 Å². The molecule has 33 heavy (non-hydrogen) atoms. The summed E-state index contributed by atoms with van der Waals surface area (Å²) >= 11 is 0. The van der Waals surface area contributed by atoms with Gasteiger partial charge in [0.2, 0.25) is 11.7 Å². The fourth-order valence-electron chi connectivity index (χ4n) is 3.69. The van der Waals surface area contributed by atoms with Crippen LogP contribution in [0.1, 0.15) is 17.0 Å². The van der Waals surface area contributed by atoms with Gasteiger partial charge in [-0.25, -0.2) is 4.52 Å². The van der Waals surface area contributed by atoms with Crippen LogP contribution in [0.15, 0.2) is 70.2 Å². The van der Waals surface area contributed by atoms with Gasteiger partial charge in [0, 0.05) is 29.1 Å². The van der Waals surface area contributed by atoms with Gasteiger partial charge in [0.25, 0.3) is 5.56 Å². The van der Waals surface area contributed by atoms with Crippen molar-refractivity contribution >= 4 is 5.52 Å². The zero-order chi connectivity index (χ0) is 22.9. The lowest BCUT2D eigenvalue weighted by molar-refractivity contribution is 0.283. The van der Waals surface area contributed by atoms with Crippen molar-refractivity contribution in [2.24, 2.45) is 0 Å². The van der Waals surface area contributed by atoms with E-state index < -0.39 is 0 Å². The van der Waals surface area contributed by atoms with Crippen LogP contribution in [0.2, 0.25) is 0 Å². The molecule has 0 aliphatic carbocycles. The lowest BCUT2D eigenvalue weighted by Gasteiger charge is -2.03. The van der Waals surface area contributed by atoms with Crippen molar-refractivity contribution in [2.45, 2.75) is 20.1 Å². The molecule has 3 aromatic heterocycles. The van der Waals surface area contributed by atoms with Crippen LogP contribution in [0.3, 0.4) is 0 Å². The van der Waals surface area contributed by atoms with Crippen LogP contribution < -0.4 is 10.3 Å². The molecule has 0 aliphatic heterocycles. The van der Waals surface area contributed by atoms with E-state index in [1.807, 2.05) is 55.5 Å². The molecule has 166 valence electrons. The number of rotatable bonds is 6. The number of nitrogens with zero attached hydrogens (tertiary/aromatic N) is 5. The van der Waals surface area contributed by atoms with E-state index in [0.29, 0.717) is 22.6 Å². The third-order valence-electron chi connectivity index (χ3n) is 5.46. The van der Waals surface area contributed by atoms with Gasteiger partial charge in [-0.1, -0.05) is 35.0 Å². The van der Waals surface area contributed by atoms with E-state index in [1.165, 1.54) is 9.08 Å². The first kappa shape index (κ1) is 20.7. The first-order chi connectivity index (χ1) is 16.1. The summed E-state index contributed by atoms with van der Waals surface area (Å²) in [6.07, 6.45) is 3.29. The van der Waals surface area contributed by atoms with Gasteiger partial charge in [0.05, 0.1) is 19.4 Å². The first-order valence-corrected chi connectivity index (χ1v) is 10.3. The summed E-state index contributed by atoms with van der Waals surface area (Å²) in [6, 6.07) is 15.1. The number of methoxy groups -OCH3 is 1. The molecule has 9 heteroatoms. The van der Waals surface area contributed by atoms with Gasteiger partial charge in [-0.3, -0.25) is 4.79 Å². The average Bonchev–Trinajstić information content (AvgIpc) is 3.46. The fraction of sp³-hybridized carbons (Fsp3) is 0.167. The summed E-state index contributed by atoms with van der Waals surface area (Å²) in [5, 5.41) is 18.6. The van der Waals surface area contributed by atoms with Crippen molar-refractivity contribution in [3.8, 4) is 28.4 Å². The molecule has 3 heterocycles. The Labute approximate surface area is 188 Å². The third kappa shape index (κ3) is 3.79. The highest BCUT2D eigenvalue weighted by Gasteiger charge is 2.19. The van der Waals surface area contributed by atoms with E-state index >= 15 is 0 Å². The molecule has 2 aromatic carbocycles. The van der Waals surface area contributed by atoms with Gasteiger partial charge in [0.15, 0.2) is 0 Å². The maximum Gasteiger partial charge on any atom is 0.277 e. The molecule has 0 aliphatic rings. The molecule has 5 rings (SSSR count). The lowest BCUT2D eigenvalue weighted by Crippen LogP contribution is -2.22. The first-order valence-electron chi connectivity index (χ1n) is 10.3. The second-order valence-electron chi connectivity index (χ2n) is 7.62. The second kappa shape index (κ2) is 8.36. The monoisotopic (exact) mass is 443 g/mol. The van der Waals surface area contributed by atoms with Crippen molar-refractivity contribution < 1.29 is 14.4 Å². The van der Waals surface area contributed by atoms with Crippen LogP contribution >= 0.6 is 0 Å². The average molecular weight is 443 g/mol. The SMILES string of the molecule is COc1ccc(-c2noc(Cn3ccn4nc(-c5ccc(C)cc5)c(CO)c4c3=O)n2)cc1. The summed E-state index contributed by atoms with van der Waals surface area (Å²) in [5.74, 6) is 1.44. The summed E-state index contributed by atoms with van der Waals surface area (Å²) in [4.78, 5) is 17.7. The molecular formula is C24H21N5O4. The molecule has 0 fully saturated rings. The quantitative estimate of drug-likeness (QED) is 0.430. The Morgan fingerprint density at radius 1 is 1.03 bits per heavy atom. The Bertz CT molecular complexity index is 1480. The minimum absolute atomic E-state index is 0.0917. The van der Waals surface area contributed by atoms with Crippen molar-refractivity contribution in [1.29, 1.82) is 0 Å². The minimum atomic E-state index is -0.311. The molecule has 1 N–H and O–H groups in total. The molecule has 0 amide bonds. The number of hydrogen-bond acceptors (Lipinski definition) is 7. The van der Waals surface area contributed by atoms with Crippen LogP contribution in [-0.2, 0) is 13.2 Å². The Morgan fingerprint density at radius 2 is 1.76 bits per heavy atom. The van der Waals surface area contributed by atoms with E-state index in [-0.39, 0.29) is 24.6 Å². The number of hydrogen-bond donors (Lipinski definition) is 1. The second-order valence-corrected chi connectivity index (χ2v) is 7.62. The van der Waals surface area contributed by atoms with Crippen LogP contribution in [0.25, 0.3) is 28.2 Å². The van der Waals surface area contributed by atoms with Crippen molar-refractivity contribution in [1.82, 2.24) is 24.3 Å². The number of aromatic nitrogens is 5. The van der Waals surface area contributed by atoms with E-state index in [0.717, 1.165) is 22.4 Å². The maximum absolute atomic E-state index is 13.2. The Morgan fingerprint density at radius 3 is 2.45 bits per heavy atom. The lowest BCUT2D eigenvalue weighted by atomic mass is 10.1. The van der Waals surface area contributed by atoms with Gasteiger partial charge in [0.1, 0.15) is 17.8 Å². The van der Waals surface area contributed by atoms with Gasteiger partial charge in [-0.15, -0.1) is 0 Å². The normalized spacial score (nSPS) is 11.2. The zero-order valence-corrected chi connectivity index (χ0v) is 18.1. The highest BCUT2D eigenvalue weighted by atomic mass is 16.5. The maximum atomic E-state index is 13.2. The Hall–Kier alpha value is -4.24. The summed E-state index contributed by atoms with van der Waals surface area (Å²) in [7, 11) is 1.60. The molecule has 0 radical (unpaired) electrons. The number of ether oxygens (including phenoxy) is 1. The largest absolute Gasteiger partial charge is 0.497 e. The highest BCUT2D eigenvalue weighted by molar-refractivity contribution is 5.72. The van der Waals surface area contributed by atoms with E-state index in [9.17, 15) is 9.90 Å². The number of aryl methyl sites for hydroxylation is 1. The molecule has 5 aromatic rings. The minimum Gasteiger partial charge on any atom is -0.497 e. The van der Waals surface area contributed by atoms with Crippen LogP contribution in [0.5, 0.6) is 5.75 Å². The topological polar surface area (TPSA) is 108 Å². The van der Waals surface area contributed by atoms with E-state index in [1.54, 1.807) is 19.5 Å². The van der Waals surface area contributed by atoms with Gasteiger partial charge in [-0.05, 0) is 31.2 Å². The Kier molecular flexibility index (Phi) is 5.23. The Balaban J connectivity index is 1.49. The summed E-state index contributed by atoms with van der Waals surface area (Å²) < 4.78 is 13.5. The van der Waals surface area contributed by atoms with Crippen LogP contribution in [0, 0.1) is 6.92 Å². The predicted octanol–water partition coefficient (Wildman–Crippen LogP) is 3.07.